The summed E-state index contributed by atoms with van der Waals surface area (Å²) < 4.78 is 1.22. The van der Waals surface area contributed by atoms with Gasteiger partial charge in [0.2, 0.25) is 0 Å². The summed E-state index contributed by atoms with van der Waals surface area (Å²) in [5.74, 6) is 0. The van der Waals surface area contributed by atoms with E-state index in [1.165, 1.54) is 20.5 Å². The van der Waals surface area contributed by atoms with Gasteiger partial charge in [-0.2, -0.15) is 0 Å². The monoisotopic (exact) mass is 224 g/mol. The minimum Gasteiger partial charge on any atom is -0.392 e. The minimum atomic E-state index is 0.136. The van der Waals surface area contributed by atoms with E-state index in [-0.39, 0.29) is 6.61 Å². The predicted molar refractivity (Wildman–Crippen MR) is 64.3 cm³/mol. The molecule has 2 aromatic rings. The molecule has 0 unspecified atom stereocenters. The van der Waals surface area contributed by atoms with Crippen molar-refractivity contribution in [3.05, 3.63) is 28.6 Å². The number of thioether (sulfide) groups is 1. The van der Waals surface area contributed by atoms with Crippen molar-refractivity contribution in [2.75, 3.05) is 6.26 Å². The highest BCUT2D eigenvalue weighted by molar-refractivity contribution is 7.98. The SMILES string of the molecule is CSc1cc2ccsc2c(CO)c1C. The van der Waals surface area contributed by atoms with Crippen molar-refractivity contribution in [3.8, 4) is 0 Å². The molecule has 1 N–H and O–H groups in total. The second kappa shape index (κ2) is 3.93. The fourth-order valence-electron chi connectivity index (χ4n) is 1.65. The Balaban J connectivity index is 2.80. The molecule has 1 aromatic carbocycles. The number of rotatable bonds is 2. The third-order valence-corrected chi connectivity index (χ3v) is 4.31. The van der Waals surface area contributed by atoms with Crippen LogP contribution >= 0.6 is 23.1 Å². The Kier molecular flexibility index (Phi) is 2.81. The van der Waals surface area contributed by atoms with Crippen LogP contribution in [-0.4, -0.2) is 11.4 Å². The van der Waals surface area contributed by atoms with Crippen molar-refractivity contribution in [3.63, 3.8) is 0 Å². The van der Waals surface area contributed by atoms with Gasteiger partial charge in [-0.15, -0.1) is 23.1 Å². The van der Waals surface area contributed by atoms with E-state index >= 15 is 0 Å². The molecule has 0 saturated heterocycles. The zero-order valence-electron chi connectivity index (χ0n) is 8.20. The van der Waals surface area contributed by atoms with Crippen LogP contribution in [0.5, 0.6) is 0 Å². The third-order valence-electron chi connectivity index (χ3n) is 2.46. The number of aliphatic hydroxyl groups is 1. The van der Waals surface area contributed by atoms with Crippen molar-refractivity contribution in [2.45, 2.75) is 18.4 Å². The van der Waals surface area contributed by atoms with Crippen LogP contribution in [-0.2, 0) is 6.61 Å². The molecule has 0 radical (unpaired) electrons. The van der Waals surface area contributed by atoms with Crippen LogP contribution in [0.2, 0.25) is 0 Å². The Hall–Kier alpha value is -0.510. The number of fused-ring (bicyclic) bond motifs is 1. The van der Waals surface area contributed by atoms with Crippen LogP contribution in [0.4, 0.5) is 0 Å². The van der Waals surface area contributed by atoms with E-state index in [1.807, 2.05) is 0 Å². The van der Waals surface area contributed by atoms with E-state index in [0.717, 1.165) is 5.56 Å². The van der Waals surface area contributed by atoms with E-state index in [2.05, 4.69) is 30.7 Å². The fourth-order valence-corrected chi connectivity index (χ4v) is 3.30. The molecule has 0 fully saturated rings. The molecule has 14 heavy (non-hydrogen) atoms. The van der Waals surface area contributed by atoms with Crippen LogP contribution in [0.15, 0.2) is 22.4 Å². The first-order chi connectivity index (χ1) is 6.77. The smallest absolute Gasteiger partial charge is 0.0698 e. The van der Waals surface area contributed by atoms with Gasteiger partial charge in [-0.25, -0.2) is 0 Å². The zero-order valence-corrected chi connectivity index (χ0v) is 9.84. The third kappa shape index (κ3) is 1.45. The van der Waals surface area contributed by atoms with Crippen LogP contribution in [0.25, 0.3) is 10.1 Å². The lowest BCUT2D eigenvalue weighted by Gasteiger charge is -2.09. The molecule has 0 aliphatic carbocycles. The maximum atomic E-state index is 9.35. The van der Waals surface area contributed by atoms with Crippen LogP contribution in [0.1, 0.15) is 11.1 Å². The van der Waals surface area contributed by atoms with E-state index in [4.69, 9.17) is 0 Å². The van der Waals surface area contributed by atoms with Crippen LogP contribution < -0.4 is 0 Å². The van der Waals surface area contributed by atoms with Gasteiger partial charge in [0.1, 0.15) is 0 Å². The molecule has 1 nitrogen and oxygen atoms in total. The maximum absolute atomic E-state index is 9.35. The highest BCUT2D eigenvalue weighted by Crippen LogP contribution is 2.33. The lowest BCUT2D eigenvalue weighted by atomic mass is 10.1. The quantitative estimate of drug-likeness (QED) is 0.789. The molecule has 0 amide bonds. The average Bonchev–Trinajstić information content (AvgIpc) is 2.64. The van der Waals surface area contributed by atoms with Gasteiger partial charge in [-0.05, 0) is 47.2 Å². The fraction of sp³-hybridized carbons (Fsp3) is 0.273. The molecule has 0 aliphatic rings. The standard InChI is InChI=1S/C11H12OS2/c1-7-9(6-12)11-8(3-4-14-11)5-10(7)13-2/h3-5,12H,6H2,1-2H3. The van der Waals surface area contributed by atoms with Crippen molar-refractivity contribution in [1.82, 2.24) is 0 Å². The summed E-state index contributed by atoms with van der Waals surface area (Å²) >= 11 is 3.44. The lowest BCUT2D eigenvalue weighted by molar-refractivity contribution is 0.282. The highest BCUT2D eigenvalue weighted by Gasteiger charge is 2.09. The van der Waals surface area contributed by atoms with Crippen molar-refractivity contribution < 1.29 is 5.11 Å². The van der Waals surface area contributed by atoms with Gasteiger partial charge in [0.15, 0.2) is 0 Å². The zero-order chi connectivity index (χ0) is 10.1. The first-order valence-corrected chi connectivity index (χ1v) is 6.53. The number of aliphatic hydroxyl groups excluding tert-OH is 1. The molecule has 0 spiro atoms. The molecule has 0 aliphatic heterocycles. The Morgan fingerprint density at radius 1 is 1.50 bits per heavy atom. The van der Waals surface area contributed by atoms with Crippen molar-refractivity contribution >= 4 is 33.2 Å². The molecule has 3 heteroatoms. The summed E-state index contributed by atoms with van der Waals surface area (Å²) in [5.41, 5.74) is 2.30. The molecule has 2 rings (SSSR count). The topological polar surface area (TPSA) is 20.2 Å². The average molecular weight is 224 g/mol. The van der Waals surface area contributed by atoms with Gasteiger partial charge in [0.25, 0.3) is 0 Å². The van der Waals surface area contributed by atoms with E-state index < -0.39 is 0 Å². The Bertz CT molecular complexity index is 460. The molecule has 1 aromatic heterocycles. The summed E-state index contributed by atoms with van der Waals surface area (Å²) in [7, 11) is 0. The first kappa shape index (κ1) is 10.0. The molecular formula is C11H12OS2. The highest BCUT2D eigenvalue weighted by atomic mass is 32.2. The molecule has 0 atom stereocenters. The van der Waals surface area contributed by atoms with E-state index in [1.54, 1.807) is 23.1 Å². The number of hydrogen-bond acceptors (Lipinski definition) is 3. The number of benzene rings is 1. The number of thiophene rings is 1. The largest absolute Gasteiger partial charge is 0.392 e. The summed E-state index contributed by atoms with van der Waals surface area (Å²) in [6, 6.07) is 4.31. The van der Waals surface area contributed by atoms with Gasteiger partial charge >= 0.3 is 0 Å². The number of hydrogen-bond donors (Lipinski definition) is 1. The minimum absolute atomic E-state index is 0.136. The molecule has 0 bridgehead atoms. The van der Waals surface area contributed by atoms with Gasteiger partial charge in [0.05, 0.1) is 6.61 Å². The Morgan fingerprint density at radius 2 is 2.29 bits per heavy atom. The summed E-state index contributed by atoms with van der Waals surface area (Å²) in [5, 5.41) is 12.7. The van der Waals surface area contributed by atoms with Crippen LogP contribution in [0.3, 0.4) is 0 Å². The normalized spacial score (nSPS) is 11.1. The van der Waals surface area contributed by atoms with E-state index in [0.29, 0.717) is 0 Å². The van der Waals surface area contributed by atoms with Gasteiger partial charge in [-0.3, -0.25) is 0 Å². The Morgan fingerprint density at radius 3 is 2.93 bits per heavy atom. The predicted octanol–water partition coefficient (Wildman–Crippen LogP) is 3.42. The van der Waals surface area contributed by atoms with Gasteiger partial charge in [0, 0.05) is 9.60 Å². The van der Waals surface area contributed by atoms with Gasteiger partial charge in [-0.1, -0.05) is 0 Å². The van der Waals surface area contributed by atoms with Gasteiger partial charge < -0.3 is 5.11 Å². The van der Waals surface area contributed by atoms with Crippen molar-refractivity contribution in [1.29, 1.82) is 0 Å². The summed E-state index contributed by atoms with van der Waals surface area (Å²) in [4.78, 5) is 1.26. The summed E-state index contributed by atoms with van der Waals surface area (Å²) in [6.45, 7) is 2.22. The second-order valence-corrected chi connectivity index (χ2v) is 4.94. The molecule has 0 saturated carbocycles. The summed E-state index contributed by atoms with van der Waals surface area (Å²) in [6.07, 6.45) is 2.07. The Labute approximate surface area is 91.8 Å². The molecular weight excluding hydrogens is 212 g/mol. The van der Waals surface area contributed by atoms with Crippen molar-refractivity contribution in [2.24, 2.45) is 0 Å². The molecule has 74 valence electrons. The van der Waals surface area contributed by atoms with Crippen LogP contribution in [0, 0.1) is 6.92 Å². The maximum Gasteiger partial charge on any atom is 0.0698 e. The second-order valence-electron chi connectivity index (χ2n) is 3.18. The lowest BCUT2D eigenvalue weighted by Crippen LogP contribution is -1.91. The van der Waals surface area contributed by atoms with E-state index in [9.17, 15) is 5.11 Å². The first-order valence-electron chi connectivity index (χ1n) is 4.42. The molecule has 1 heterocycles.